The maximum absolute atomic E-state index is 12.4. The third-order valence-electron chi connectivity index (χ3n) is 3.37. The lowest BCUT2D eigenvalue weighted by atomic mass is 10.1. The van der Waals surface area contributed by atoms with Gasteiger partial charge in [0.1, 0.15) is 0 Å². The number of hydrogen-bond donors (Lipinski definition) is 1. The van der Waals surface area contributed by atoms with Crippen molar-refractivity contribution in [1.29, 1.82) is 0 Å². The molecule has 0 spiro atoms. The molecule has 0 saturated carbocycles. The Hall–Kier alpha value is -1.92. The van der Waals surface area contributed by atoms with Crippen LogP contribution >= 0.6 is 0 Å². The molecule has 1 unspecified atom stereocenters. The molecule has 1 N–H and O–H groups in total. The molecule has 1 aromatic carbocycles. The summed E-state index contributed by atoms with van der Waals surface area (Å²) in [7, 11) is 3.95. The van der Waals surface area contributed by atoms with Crippen LogP contribution in [0.3, 0.4) is 0 Å². The molecule has 2 rings (SSSR count). The van der Waals surface area contributed by atoms with Gasteiger partial charge in [0.25, 0.3) is 5.91 Å². The van der Waals surface area contributed by atoms with E-state index in [0.29, 0.717) is 18.7 Å². The fourth-order valence-corrected chi connectivity index (χ4v) is 2.34. The highest BCUT2D eigenvalue weighted by atomic mass is 16.5. The van der Waals surface area contributed by atoms with E-state index in [0.717, 1.165) is 12.1 Å². The van der Waals surface area contributed by atoms with Crippen LogP contribution < -0.4 is 0 Å². The number of benzene rings is 1. The number of nitrogens with zero attached hydrogens (tertiary/aromatic N) is 2. The largest absolute Gasteiger partial charge is 0.480 e. The van der Waals surface area contributed by atoms with E-state index in [1.54, 1.807) is 12.1 Å². The molecule has 1 heterocycles. The third-order valence-corrected chi connectivity index (χ3v) is 3.37. The van der Waals surface area contributed by atoms with Crippen LogP contribution in [0.15, 0.2) is 24.3 Å². The Morgan fingerprint density at radius 2 is 2.00 bits per heavy atom. The second kappa shape index (κ2) is 6.69. The van der Waals surface area contributed by atoms with Crippen molar-refractivity contribution in [2.24, 2.45) is 0 Å². The van der Waals surface area contributed by atoms with Gasteiger partial charge in [-0.2, -0.15) is 0 Å². The van der Waals surface area contributed by atoms with E-state index in [2.05, 4.69) is 0 Å². The highest BCUT2D eigenvalue weighted by Gasteiger charge is 2.33. The highest BCUT2D eigenvalue weighted by Crippen LogP contribution is 2.14. The summed E-state index contributed by atoms with van der Waals surface area (Å²) in [5, 5.41) is 9.17. The van der Waals surface area contributed by atoms with Gasteiger partial charge in [-0.1, -0.05) is 12.1 Å². The summed E-state index contributed by atoms with van der Waals surface area (Å²) in [5.41, 5.74) is 1.61. The number of carbonyl (C=O) groups is 2. The van der Waals surface area contributed by atoms with Gasteiger partial charge in [0, 0.05) is 18.7 Å². The van der Waals surface area contributed by atoms with Crippen LogP contribution in [-0.4, -0.2) is 66.7 Å². The molecule has 1 aliphatic heterocycles. The molecule has 1 atom stereocenters. The Bertz CT molecular complexity index is 513. The van der Waals surface area contributed by atoms with E-state index in [-0.39, 0.29) is 12.5 Å². The molecule has 0 bridgehead atoms. The van der Waals surface area contributed by atoms with E-state index in [1.807, 2.05) is 31.1 Å². The maximum Gasteiger partial charge on any atom is 0.328 e. The number of carbonyl (C=O) groups excluding carboxylic acids is 1. The Balaban J connectivity index is 2.12. The summed E-state index contributed by atoms with van der Waals surface area (Å²) in [6.07, 6.45) is 0. The highest BCUT2D eigenvalue weighted by molar-refractivity contribution is 5.96. The van der Waals surface area contributed by atoms with Gasteiger partial charge in [0.05, 0.1) is 13.2 Å². The van der Waals surface area contributed by atoms with Gasteiger partial charge >= 0.3 is 5.97 Å². The molecule has 1 saturated heterocycles. The fraction of sp³-hybridized carbons (Fsp3) is 0.467. The third kappa shape index (κ3) is 3.80. The first kappa shape index (κ1) is 15.5. The molecule has 6 nitrogen and oxygen atoms in total. The number of carboxylic acids is 1. The number of aliphatic carboxylic acids is 1. The first-order valence-corrected chi connectivity index (χ1v) is 6.84. The van der Waals surface area contributed by atoms with Gasteiger partial charge in [-0.25, -0.2) is 4.79 Å². The zero-order chi connectivity index (χ0) is 15.4. The van der Waals surface area contributed by atoms with Gasteiger partial charge in [0.15, 0.2) is 6.04 Å². The maximum atomic E-state index is 12.4. The molecule has 21 heavy (non-hydrogen) atoms. The SMILES string of the molecule is CN(C)Cc1ccc(C(=O)N2CCOCC2C(=O)O)cc1. The average Bonchev–Trinajstić information content (AvgIpc) is 2.46. The predicted octanol–water partition coefficient (Wildman–Crippen LogP) is 0.674. The van der Waals surface area contributed by atoms with Crippen molar-refractivity contribution in [2.75, 3.05) is 33.9 Å². The van der Waals surface area contributed by atoms with E-state index >= 15 is 0 Å². The summed E-state index contributed by atoms with van der Waals surface area (Å²) in [6.45, 7) is 1.51. The molecule has 6 heteroatoms. The summed E-state index contributed by atoms with van der Waals surface area (Å²) < 4.78 is 5.14. The quantitative estimate of drug-likeness (QED) is 0.883. The predicted molar refractivity (Wildman–Crippen MR) is 77.1 cm³/mol. The van der Waals surface area contributed by atoms with Crippen molar-refractivity contribution in [3.8, 4) is 0 Å². The van der Waals surface area contributed by atoms with Crippen molar-refractivity contribution >= 4 is 11.9 Å². The molecule has 1 aliphatic rings. The summed E-state index contributed by atoms with van der Waals surface area (Å²) in [4.78, 5) is 27.1. The van der Waals surface area contributed by atoms with E-state index in [4.69, 9.17) is 9.84 Å². The van der Waals surface area contributed by atoms with E-state index in [9.17, 15) is 9.59 Å². The van der Waals surface area contributed by atoms with Gasteiger partial charge in [-0.15, -0.1) is 0 Å². The number of amides is 1. The van der Waals surface area contributed by atoms with Crippen LogP contribution in [0.1, 0.15) is 15.9 Å². The van der Waals surface area contributed by atoms with Crippen LogP contribution in [0.25, 0.3) is 0 Å². The van der Waals surface area contributed by atoms with Gasteiger partial charge in [-0.05, 0) is 31.8 Å². The lowest BCUT2D eigenvalue weighted by Gasteiger charge is -2.32. The van der Waals surface area contributed by atoms with E-state index < -0.39 is 12.0 Å². The zero-order valence-electron chi connectivity index (χ0n) is 12.3. The van der Waals surface area contributed by atoms with Crippen molar-refractivity contribution in [3.63, 3.8) is 0 Å². The summed E-state index contributed by atoms with van der Waals surface area (Å²) in [5.74, 6) is -1.30. The smallest absolute Gasteiger partial charge is 0.328 e. The molecule has 1 aromatic rings. The Kier molecular flexibility index (Phi) is 4.93. The molecular weight excluding hydrogens is 272 g/mol. The van der Waals surface area contributed by atoms with E-state index in [1.165, 1.54) is 4.90 Å². The molecule has 0 aromatic heterocycles. The minimum absolute atomic E-state index is 0.0415. The van der Waals surface area contributed by atoms with Crippen molar-refractivity contribution in [1.82, 2.24) is 9.80 Å². The first-order chi connectivity index (χ1) is 9.99. The monoisotopic (exact) mass is 292 g/mol. The Morgan fingerprint density at radius 1 is 1.33 bits per heavy atom. The van der Waals surface area contributed by atoms with Crippen molar-refractivity contribution in [2.45, 2.75) is 12.6 Å². The molecular formula is C15H20N2O4. The van der Waals surface area contributed by atoms with Crippen molar-refractivity contribution in [3.05, 3.63) is 35.4 Å². The van der Waals surface area contributed by atoms with Crippen LogP contribution in [-0.2, 0) is 16.1 Å². The molecule has 114 valence electrons. The summed E-state index contributed by atoms with van der Waals surface area (Å²) >= 11 is 0. The molecule has 0 radical (unpaired) electrons. The topological polar surface area (TPSA) is 70.1 Å². The number of carboxylic acid groups (broad SMARTS) is 1. The van der Waals surface area contributed by atoms with Crippen LogP contribution in [0, 0.1) is 0 Å². The Labute approximate surface area is 123 Å². The molecule has 1 fully saturated rings. The minimum atomic E-state index is -1.03. The van der Waals surface area contributed by atoms with Crippen LogP contribution in [0.2, 0.25) is 0 Å². The van der Waals surface area contributed by atoms with Crippen LogP contribution in [0.4, 0.5) is 0 Å². The normalized spacial score (nSPS) is 18.8. The number of ether oxygens (including phenoxy) is 1. The Morgan fingerprint density at radius 3 is 2.57 bits per heavy atom. The number of hydrogen-bond acceptors (Lipinski definition) is 4. The second-order valence-corrected chi connectivity index (χ2v) is 5.36. The molecule has 1 amide bonds. The van der Waals surface area contributed by atoms with Gasteiger partial charge in [-0.3, -0.25) is 4.79 Å². The number of rotatable bonds is 4. The fourth-order valence-electron chi connectivity index (χ4n) is 2.34. The first-order valence-electron chi connectivity index (χ1n) is 6.84. The lowest BCUT2D eigenvalue weighted by molar-refractivity contribution is -0.147. The minimum Gasteiger partial charge on any atom is -0.480 e. The second-order valence-electron chi connectivity index (χ2n) is 5.36. The van der Waals surface area contributed by atoms with Crippen molar-refractivity contribution < 1.29 is 19.4 Å². The number of morpholine rings is 1. The molecule has 0 aliphatic carbocycles. The van der Waals surface area contributed by atoms with Gasteiger partial charge in [0.2, 0.25) is 0 Å². The lowest BCUT2D eigenvalue weighted by Crippen LogP contribution is -2.52. The standard InChI is InChI=1S/C15H20N2O4/c1-16(2)9-11-3-5-12(6-4-11)14(18)17-7-8-21-10-13(17)15(19)20/h3-6,13H,7-10H2,1-2H3,(H,19,20). The van der Waals surface area contributed by atoms with Crippen LogP contribution in [0.5, 0.6) is 0 Å². The average molecular weight is 292 g/mol. The van der Waals surface area contributed by atoms with Gasteiger partial charge < -0.3 is 19.6 Å². The zero-order valence-corrected chi connectivity index (χ0v) is 12.3. The summed E-state index contributed by atoms with van der Waals surface area (Å²) in [6, 6.07) is 6.37.